The Morgan fingerprint density at radius 1 is 1.00 bits per heavy atom. The maximum Gasteiger partial charge on any atom is 0.323 e. The van der Waals surface area contributed by atoms with Crippen molar-refractivity contribution >= 4 is 23.3 Å². The average molecular weight is 324 g/mol. The molecule has 24 heavy (non-hydrogen) atoms. The third-order valence-electron chi connectivity index (χ3n) is 4.00. The SMILES string of the molecule is CN(C)C(=O)c1cc(NC(=O)Nc2ccc3c(c2)CCC3)ccn1. The van der Waals surface area contributed by atoms with Gasteiger partial charge in [0, 0.05) is 31.7 Å². The Bertz CT molecular complexity index is 786. The van der Waals surface area contributed by atoms with Crippen LogP contribution in [0.1, 0.15) is 28.0 Å². The maximum absolute atomic E-state index is 12.2. The minimum atomic E-state index is -0.345. The fourth-order valence-corrected chi connectivity index (χ4v) is 2.80. The van der Waals surface area contributed by atoms with Gasteiger partial charge in [-0.25, -0.2) is 4.79 Å². The van der Waals surface area contributed by atoms with Crippen molar-refractivity contribution in [3.63, 3.8) is 0 Å². The summed E-state index contributed by atoms with van der Waals surface area (Å²) in [6, 6.07) is 8.87. The molecule has 0 saturated heterocycles. The fourth-order valence-electron chi connectivity index (χ4n) is 2.80. The Hall–Kier alpha value is -2.89. The van der Waals surface area contributed by atoms with Gasteiger partial charge in [0.25, 0.3) is 5.91 Å². The summed E-state index contributed by atoms with van der Waals surface area (Å²) in [5.41, 5.74) is 4.24. The number of fused-ring (bicyclic) bond motifs is 1. The second-order valence-electron chi connectivity index (χ2n) is 6.05. The normalized spacial score (nSPS) is 12.4. The summed E-state index contributed by atoms with van der Waals surface area (Å²) >= 11 is 0. The lowest BCUT2D eigenvalue weighted by Crippen LogP contribution is -2.23. The molecule has 6 nitrogen and oxygen atoms in total. The van der Waals surface area contributed by atoms with Gasteiger partial charge in [0.15, 0.2) is 0 Å². The second kappa shape index (κ2) is 6.70. The van der Waals surface area contributed by atoms with Crippen LogP contribution in [0.15, 0.2) is 36.5 Å². The molecule has 0 spiro atoms. The Kier molecular flexibility index (Phi) is 4.46. The molecule has 2 N–H and O–H groups in total. The van der Waals surface area contributed by atoms with Gasteiger partial charge in [-0.2, -0.15) is 0 Å². The molecule has 3 rings (SSSR count). The largest absolute Gasteiger partial charge is 0.343 e. The summed E-state index contributed by atoms with van der Waals surface area (Å²) in [4.78, 5) is 29.5. The Balaban J connectivity index is 1.67. The highest BCUT2D eigenvalue weighted by Gasteiger charge is 2.13. The molecule has 1 aromatic carbocycles. The van der Waals surface area contributed by atoms with E-state index in [4.69, 9.17) is 0 Å². The molecule has 0 atom stereocenters. The number of carbonyl (C=O) groups excluding carboxylic acids is 2. The van der Waals surface area contributed by atoms with E-state index >= 15 is 0 Å². The highest BCUT2D eigenvalue weighted by Crippen LogP contribution is 2.25. The summed E-state index contributed by atoms with van der Waals surface area (Å²) in [7, 11) is 3.31. The molecule has 0 aliphatic heterocycles. The Morgan fingerprint density at radius 3 is 2.46 bits per heavy atom. The van der Waals surface area contributed by atoms with Gasteiger partial charge < -0.3 is 15.5 Å². The molecular weight excluding hydrogens is 304 g/mol. The van der Waals surface area contributed by atoms with E-state index in [1.807, 2.05) is 12.1 Å². The summed E-state index contributed by atoms with van der Waals surface area (Å²) in [6.45, 7) is 0. The average Bonchev–Trinajstić information content (AvgIpc) is 3.01. The summed E-state index contributed by atoms with van der Waals surface area (Å²) < 4.78 is 0. The molecule has 1 aromatic heterocycles. The van der Waals surface area contributed by atoms with E-state index in [1.54, 1.807) is 26.2 Å². The van der Waals surface area contributed by atoms with Crippen LogP contribution in [0, 0.1) is 0 Å². The summed E-state index contributed by atoms with van der Waals surface area (Å²) in [6.07, 6.45) is 4.85. The molecule has 3 amide bonds. The molecule has 0 radical (unpaired) electrons. The number of urea groups is 1. The maximum atomic E-state index is 12.2. The number of hydrogen-bond acceptors (Lipinski definition) is 3. The van der Waals surface area contributed by atoms with Crippen molar-refractivity contribution in [1.82, 2.24) is 9.88 Å². The number of pyridine rings is 1. The van der Waals surface area contributed by atoms with Gasteiger partial charge in [0.05, 0.1) is 0 Å². The van der Waals surface area contributed by atoms with Crippen LogP contribution in [0.25, 0.3) is 0 Å². The van der Waals surface area contributed by atoms with E-state index in [9.17, 15) is 9.59 Å². The van der Waals surface area contributed by atoms with Gasteiger partial charge in [0.1, 0.15) is 5.69 Å². The zero-order valence-electron chi connectivity index (χ0n) is 13.8. The van der Waals surface area contributed by atoms with Gasteiger partial charge in [0.2, 0.25) is 0 Å². The topological polar surface area (TPSA) is 74.3 Å². The number of anilines is 2. The molecule has 1 aliphatic rings. The first-order chi connectivity index (χ1) is 11.5. The van der Waals surface area contributed by atoms with Crippen molar-refractivity contribution in [2.24, 2.45) is 0 Å². The van der Waals surface area contributed by atoms with Crippen LogP contribution in [0.2, 0.25) is 0 Å². The van der Waals surface area contributed by atoms with Crippen molar-refractivity contribution in [2.75, 3.05) is 24.7 Å². The number of nitrogens with one attached hydrogen (secondary N) is 2. The van der Waals surface area contributed by atoms with Crippen LogP contribution in [0.4, 0.5) is 16.2 Å². The zero-order valence-corrected chi connectivity index (χ0v) is 13.8. The number of nitrogens with zero attached hydrogens (tertiary/aromatic N) is 2. The van der Waals surface area contributed by atoms with E-state index in [-0.39, 0.29) is 17.6 Å². The zero-order chi connectivity index (χ0) is 17.1. The Morgan fingerprint density at radius 2 is 1.71 bits per heavy atom. The van der Waals surface area contributed by atoms with Crippen molar-refractivity contribution < 1.29 is 9.59 Å². The van der Waals surface area contributed by atoms with Crippen molar-refractivity contribution in [1.29, 1.82) is 0 Å². The van der Waals surface area contributed by atoms with E-state index in [0.717, 1.165) is 18.5 Å². The minimum absolute atomic E-state index is 0.210. The predicted octanol–water partition coefficient (Wildman–Crippen LogP) is 2.92. The van der Waals surface area contributed by atoms with Crippen LogP contribution in [0.3, 0.4) is 0 Å². The standard InChI is InChI=1S/C18H20N4O2/c1-22(2)17(23)16-11-15(8-9-19-16)21-18(24)20-14-7-6-12-4-3-5-13(12)10-14/h6-11H,3-5H2,1-2H3,(H2,19,20,21,24). The first-order valence-corrected chi connectivity index (χ1v) is 7.90. The lowest BCUT2D eigenvalue weighted by Gasteiger charge is -2.12. The monoisotopic (exact) mass is 324 g/mol. The summed E-state index contributed by atoms with van der Waals surface area (Å²) in [5, 5.41) is 5.56. The van der Waals surface area contributed by atoms with Crippen LogP contribution in [-0.2, 0) is 12.8 Å². The fraction of sp³-hybridized carbons (Fsp3) is 0.278. The minimum Gasteiger partial charge on any atom is -0.343 e. The number of amides is 3. The number of benzene rings is 1. The molecule has 0 bridgehead atoms. The molecule has 6 heteroatoms. The molecule has 0 saturated carbocycles. The third-order valence-corrected chi connectivity index (χ3v) is 4.00. The van der Waals surface area contributed by atoms with Crippen LogP contribution < -0.4 is 10.6 Å². The van der Waals surface area contributed by atoms with Gasteiger partial charge in [-0.05, 0) is 54.7 Å². The number of aromatic nitrogens is 1. The van der Waals surface area contributed by atoms with Crippen LogP contribution >= 0.6 is 0 Å². The first-order valence-electron chi connectivity index (χ1n) is 7.90. The van der Waals surface area contributed by atoms with Gasteiger partial charge in [-0.3, -0.25) is 9.78 Å². The highest BCUT2D eigenvalue weighted by molar-refractivity contribution is 6.01. The van der Waals surface area contributed by atoms with Crippen LogP contribution in [-0.4, -0.2) is 35.9 Å². The predicted molar refractivity (Wildman–Crippen MR) is 93.4 cm³/mol. The van der Waals surface area contributed by atoms with Crippen molar-refractivity contribution in [2.45, 2.75) is 19.3 Å². The molecule has 124 valence electrons. The van der Waals surface area contributed by atoms with Crippen LogP contribution in [0.5, 0.6) is 0 Å². The lowest BCUT2D eigenvalue weighted by atomic mass is 10.1. The molecule has 1 aliphatic carbocycles. The molecule has 0 unspecified atom stereocenters. The number of aryl methyl sites for hydroxylation is 2. The van der Waals surface area contributed by atoms with Gasteiger partial charge in [-0.15, -0.1) is 0 Å². The number of rotatable bonds is 3. The van der Waals surface area contributed by atoms with Gasteiger partial charge >= 0.3 is 6.03 Å². The highest BCUT2D eigenvalue weighted by atomic mass is 16.2. The Labute approximate surface area is 140 Å². The molecular formula is C18H20N4O2. The summed E-state index contributed by atoms with van der Waals surface area (Å²) in [5.74, 6) is -0.210. The quantitative estimate of drug-likeness (QED) is 0.911. The molecule has 2 aromatic rings. The van der Waals surface area contributed by atoms with E-state index < -0.39 is 0 Å². The number of carbonyl (C=O) groups is 2. The second-order valence-corrected chi connectivity index (χ2v) is 6.05. The van der Waals surface area contributed by atoms with Gasteiger partial charge in [-0.1, -0.05) is 6.07 Å². The van der Waals surface area contributed by atoms with E-state index in [1.165, 1.54) is 28.6 Å². The van der Waals surface area contributed by atoms with E-state index in [0.29, 0.717) is 5.69 Å². The molecule has 0 fully saturated rings. The van der Waals surface area contributed by atoms with Crippen molar-refractivity contribution in [3.8, 4) is 0 Å². The smallest absolute Gasteiger partial charge is 0.323 e. The molecule has 1 heterocycles. The number of hydrogen-bond donors (Lipinski definition) is 2. The van der Waals surface area contributed by atoms with Crippen molar-refractivity contribution in [3.05, 3.63) is 53.3 Å². The third kappa shape index (κ3) is 3.53. The lowest BCUT2D eigenvalue weighted by molar-refractivity contribution is 0.0822. The van der Waals surface area contributed by atoms with E-state index in [2.05, 4.69) is 21.7 Å². The first kappa shape index (κ1) is 16.0.